The molecule has 0 bridgehead atoms. The molecular formula is C16H19NO3S2. The first-order valence-electron chi connectivity index (χ1n) is 6.82. The predicted molar refractivity (Wildman–Crippen MR) is 94.7 cm³/mol. The van der Waals surface area contributed by atoms with E-state index >= 15 is 0 Å². The van der Waals surface area contributed by atoms with Crippen molar-refractivity contribution in [3.63, 3.8) is 0 Å². The molecule has 0 N–H and O–H groups in total. The molecule has 1 aliphatic rings. The zero-order chi connectivity index (χ0) is 15.9. The van der Waals surface area contributed by atoms with Gasteiger partial charge in [-0.3, -0.25) is 4.79 Å². The van der Waals surface area contributed by atoms with Gasteiger partial charge in [-0.05, 0) is 17.7 Å². The van der Waals surface area contributed by atoms with Crippen LogP contribution < -0.4 is 9.47 Å². The summed E-state index contributed by atoms with van der Waals surface area (Å²) in [4.78, 5) is 13.7. The van der Waals surface area contributed by atoms with Crippen LogP contribution in [0.15, 0.2) is 36.4 Å². The van der Waals surface area contributed by atoms with Gasteiger partial charge in [0.05, 0.1) is 14.2 Å². The first-order chi connectivity index (χ1) is 10.7. The summed E-state index contributed by atoms with van der Waals surface area (Å²) in [6.45, 7) is 0.751. The second-order valence-electron chi connectivity index (χ2n) is 4.56. The van der Waals surface area contributed by atoms with Crippen molar-refractivity contribution in [2.75, 3.05) is 26.5 Å². The van der Waals surface area contributed by atoms with Crippen molar-refractivity contribution in [3.05, 3.63) is 42.0 Å². The zero-order valence-corrected chi connectivity index (χ0v) is 14.3. The van der Waals surface area contributed by atoms with Crippen molar-refractivity contribution in [1.82, 2.24) is 4.90 Å². The zero-order valence-electron chi connectivity index (χ0n) is 12.6. The number of benzene rings is 1. The Morgan fingerprint density at radius 3 is 2.73 bits per heavy atom. The van der Waals surface area contributed by atoms with Gasteiger partial charge in [-0.15, -0.1) is 24.4 Å². The van der Waals surface area contributed by atoms with E-state index in [0.29, 0.717) is 11.5 Å². The Kier molecular flexibility index (Phi) is 6.27. The number of hydrogen-bond donors (Lipinski definition) is 1. The molecule has 1 heterocycles. The highest BCUT2D eigenvalue weighted by Crippen LogP contribution is 2.28. The quantitative estimate of drug-likeness (QED) is 0.509. The number of hydrogen-bond acceptors (Lipinski definition) is 5. The molecule has 1 aromatic rings. The monoisotopic (exact) mass is 337 g/mol. The van der Waals surface area contributed by atoms with Gasteiger partial charge in [0.15, 0.2) is 11.5 Å². The fourth-order valence-electron chi connectivity index (χ4n) is 2.03. The van der Waals surface area contributed by atoms with Crippen LogP contribution in [0.3, 0.4) is 0 Å². The number of ether oxygens (including phenoxy) is 2. The van der Waals surface area contributed by atoms with Crippen molar-refractivity contribution in [2.24, 2.45) is 0 Å². The number of allylic oxidation sites excluding steroid dienone is 2. The van der Waals surface area contributed by atoms with Crippen molar-refractivity contribution in [1.29, 1.82) is 0 Å². The summed E-state index contributed by atoms with van der Waals surface area (Å²) in [7, 11) is 3.21. The molecule has 6 heteroatoms. The summed E-state index contributed by atoms with van der Waals surface area (Å²) < 4.78 is 10.4. The fraction of sp³-hybridized carbons (Fsp3) is 0.312. The largest absolute Gasteiger partial charge is 0.493 e. The van der Waals surface area contributed by atoms with Gasteiger partial charge in [-0.25, -0.2) is 0 Å². The standard InChI is InChI=1S/C16H19NO3S2/c1-19-13-8-7-12(11-14(13)20-2)5-3-4-6-15(18)17-9-10-22-16(17)21/h3-8,11,16,21H,9-10H2,1-2H3/b5-3+,6-4+. The normalized spacial score (nSPS) is 18.3. The van der Waals surface area contributed by atoms with Crippen molar-refractivity contribution < 1.29 is 14.3 Å². The lowest BCUT2D eigenvalue weighted by Gasteiger charge is -2.17. The molecule has 1 amide bonds. The summed E-state index contributed by atoms with van der Waals surface area (Å²) in [5, 5.41) is 0. The van der Waals surface area contributed by atoms with Crippen molar-refractivity contribution >= 4 is 36.4 Å². The average molecular weight is 337 g/mol. The van der Waals surface area contributed by atoms with Crippen LogP contribution in [0.25, 0.3) is 6.08 Å². The Morgan fingerprint density at radius 1 is 1.32 bits per heavy atom. The topological polar surface area (TPSA) is 38.8 Å². The van der Waals surface area contributed by atoms with Gasteiger partial charge in [0.25, 0.3) is 0 Å². The Balaban J connectivity index is 1.97. The van der Waals surface area contributed by atoms with Crippen LogP contribution in [0, 0.1) is 0 Å². The number of thiol groups is 1. The number of rotatable bonds is 5. The highest BCUT2D eigenvalue weighted by Gasteiger charge is 2.24. The molecule has 0 saturated carbocycles. The number of carbonyl (C=O) groups excluding carboxylic acids is 1. The van der Waals surface area contributed by atoms with Crippen LogP contribution in [-0.4, -0.2) is 42.0 Å². The predicted octanol–water partition coefficient (Wildman–Crippen LogP) is 3.06. The van der Waals surface area contributed by atoms with Crippen LogP contribution in [0.4, 0.5) is 0 Å². The van der Waals surface area contributed by atoms with Gasteiger partial charge in [0, 0.05) is 18.4 Å². The van der Waals surface area contributed by atoms with E-state index in [1.54, 1.807) is 43.0 Å². The minimum atomic E-state index is -0.0352. The number of carbonyl (C=O) groups is 1. The Bertz CT molecular complexity index is 587. The van der Waals surface area contributed by atoms with E-state index in [-0.39, 0.29) is 10.6 Å². The molecule has 2 rings (SSSR count). The fourth-order valence-corrected chi connectivity index (χ4v) is 3.48. The lowest BCUT2D eigenvalue weighted by atomic mass is 10.2. The first kappa shape index (κ1) is 16.8. The second-order valence-corrected chi connectivity index (χ2v) is 6.59. The van der Waals surface area contributed by atoms with E-state index in [2.05, 4.69) is 12.6 Å². The highest BCUT2D eigenvalue weighted by atomic mass is 32.2. The molecule has 118 valence electrons. The van der Waals surface area contributed by atoms with Crippen LogP contribution in [0.2, 0.25) is 0 Å². The molecule has 22 heavy (non-hydrogen) atoms. The third kappa shape index (κ3) is 4.24. The van der Waals surface area contributed by atoms with Crippen molar-refractivity contribution in [2.45, 2.75) is 4.71 Å². The molecule has 0 spiro atoms. The molecule has 1 fully saturated rings. The third-order valence-corrected chi connectivity index (χ3v) is 4.89. The molecule has 0 aromatic heterocycles. The number of amides is 1. The summed E-state index contributed by atoms with van der Waals surface area (Å²) in [5.41, 5.74) is 0.971. The Hall–Kier alpha value is -1.53. The van der Waals surface area contributed by atoms with E-state index in [4.69, 9.17) is 9.47 Å². The lowest BCUT2D eigenvalue weighted by Crippen LogP contribution is -2.30. The maximum atomic E-state index is 12.0. The molecular weight excluding hydrogens is 318 g/mol. The summed E-state index contributed by atoms with van der Waals surface area (Å²) >= 11 is 6.03. The SMILES string of the molecule is COc1ccc(/C=C/C=C/C(=O)N2CCSC2S)cc1OC. The molecule has 4 nitrogen and oxygen atoms in total. The maximum absolute atomic E-state index is 12.0. The highest BCUT2D eigenvalue weighted by molar-refractivity contribution is 8.10. The molecule has 1 atom stereocenters. The van der Waals surface area contributed by atoms with Crippen LogP contribution in [-0.2, 0) is 4.79 Å². The van der Waals surface area contributed by atoms with E-state index in [1.165, 1.54) is 0 Å². The summed E-state index contributed by atoms with van der Waals surface area (Å²) in [6.07, 6.45) is 7.04. The number of nitrogens with zero attached hydrogens (tertiary/aromatic N) is 1. The smallest absolute Gasteiger partial charge is 0.248 e. The van der Waals surface area contributed by atoms with Crippen LogP contribution >= 0.6 is 24.4 Å². The van der Waals surface area contributed by atoms with E-state index in [9.17, 15) is 4.79 Å². The molecule has 1 aromatic carbocycles. The minimum Gasteiger partial charge on any atom is -0.493 e. The molecule has 1 unspecified atom stereocenters. The average Bonchev–Trinajstić information content (AvgIpc) is 2.97. The Morgan fingerprint density at radius 2 is 2.09 bits per heavy atom. The van der Waals surface area contributed by atoms with Crippen LogP contribution in [0.5, 0.6) is 11.5 Å². The minimum absolute atomic E-state index is 0.0121. The van der Waals surface area contributed by atoms with E-state index < -0.39 is 0 Å². The van der Waals surface area contributed by atoms with Gasteiger partial charge in [0.2, 0.25) is 5.91 Å². The molecule has 0 aliphatic carbocycles. The van der Waals surface area contributed by atoms with Crippen LogP contribution in [0.1, 0.15) is 5.56 Å². The second kappa shape index (κ2) is 8.19. The number of methoxy groups -OCH3 is 2. The lowest BCUT2D eigenvalue weighted by molar-refractivity contribution is -0.125. The summed E-state index contributed by atoms with van der Waals surface area (Å²) in [6, 6.07) is 5.65. The van der Waals surface area contributed by atoms with Gasteiger partial charge < -0.3 is 14.4 Å². The van der Waals surface area contributed by atoms with E-state index in [1.807, 2.05) is 30.4 Å². The van der Waals surface area contributed by atoms with Gasteiger partial charge in [-0.2, -0.15) is 0 Å². The molecule has 1 saturated heterocycles. The Labute approximate surface area is 140 Å². The molecule has 0 radical (unpaired) electrons. The first-order valence-corrected chi connectivity index (χ1v) is 8.39. The molecule has 1 aliphatic heterocycles. The van der Waals surface area contributed by atoms with Gasteiger partial charge >= 0.3 is 0 Å². The maximum Gasteiger partial charge on any atom is 0.248 e. The summed E-state index contributed by atoms with van der Waals surface area (Å²) in [5.74, 6) is 2.30. The van der Waals surface area contributed by atoms with E-state index in [0.717, 1.165) is 17.9 Å². The number of thioether (sulfide) groups is 1. The van der Waals surface area contributed by atoms with Gasteiger partial charge in [0.1, 0.15) is 4.71 Å². The van der Waals surface area contributed by atoms with Crippen molar-refractivity contribution in [3.8, 4) is 11.5 Å². The van der Waals surface area contributed by atoms with Gasteiger partial charge in [-0.1, -0.05) is 24.3 Å². The third-order valence-electron chi connectivity index (χ3n) is 3.19.